The molecule has 41 heavy (non-hydrogen) atoms. The highest BCUT2D eigenvalue weighted by atomic mass is 19.4. The van der Waals surface area contributed by atoms with Crippen molar-refractivity contribution in [2.24, 2.45) is 0 Å². The average molecular weight is 560 g/mol. The number of anilines is 2. The molecule has 0 aliphatic carbocycles. The molecule has 0 radical (unpaired) electrons. The summed E-state index contributed by atoms with van der Waals surface area (Å²) in [5.41, 5.74) is 2.64. The second-order valence-electron chi connectivity index (χ2n) is 9.25. The standard InChI is InChI=1S/C29H24F3N7O2/c1-17-24(12-22(15-34-17)37-27(40)19-8-9-33-25(11-19)29(30,31)32)20-10-21-14-36-28(38-26(21)35-13-20)39(2)16-18-4-6-23(41-3)7-5-18/h4-15H,16H2,1-3H3,(H,37,40). The van der Waals surface area contributed by atoms with Gasteiger partial charge in [-0.25, -0.2) is 9.97 Å². The van der Waals surface area contributed by atoms with E-state index in [0.717, 1.165) is 17.5 Å². The number of pyridine rings is 3. The highest BCUT2D eigenvalue weighted by Gasteiger charge is 2.33. The van der Waals surface area contributed by atoms with Crippen molar-refractivity contribution in [2.45, 2.75) is 19.6 Å². The minimum Gasteiger partial charge on any atom is -0.497 e. The molecule has 1 amide bonds. The smallest absolute Gasteiger partial charge is 0.433 e. The Morgan fingerprint density at radius 3 is 2.49 bits per heavy atom. The fourth-order valence-electron chi connectivity index (χ4n) is 4.14. The van der Waals surface area contributed by atoms with Gasteiger partial charge in [-0.15, -0.1) is 0 Å². The molecule has 0 unspecified atom stereocenters. The number of halogens is 3. The van der Waals surface area contributed by atoms with E-state index < -0.39 is 17.8 Å². The summed E-state index contributed by atoms with van der Waals surface area (Å²) < 4.78 is 44.2. The largest absolute Gasteiger partial charge is 0.497 e. The number of nitrogens with zero attached hydrogens (tertiary/aromatic N) is 6. The number of ether oxygens (including phenoxy) is 1. The number of carbonyl (C=O) groups excluding carboxylic acids is 1. The first kappa shape index (κ1) is 27.4. The molecule has 0 spiro atoms. The van der Waals surface area contributed by atoms with Crippen LogP contribution in [-0.4, -0.2) is 45.0 Å². The lowest BCUT2D eigenvalue weighted by molar-refractivity contribution is -0.141. The first-order valence-electron chi connectivity index (χ1n) is 12.4. The lowest BCUT2D eigenvalue weighted by atomic mass is 10.0. The van der Waals surface area contributed by atoms with Crippen LogP contribution in [0.15, 0.2) is 73.3 Å². The minimum atomic E-state index is -4.66. The number of fused-ring (bicyclic) bond motifs is 1. The topological polar surface area (TPSA) is 106 Å². The lowest BCUT2D eigenvalue weighted by Gasteiger charge is -2.17. The van der Waals surface area contributed by atoms with Crippen molar-refractivity contribution >= 4 is 28.6 Å². The number of aryl methyl sites for hydroxylation is 1. The Balaban J connectivity index is 1.35. The maximum absolute atomic E-state index is 13.0. The van der Waals surface area contributed by atoms with Gasteiger partial charge in [0.25, 0.3) is 5.91 Å². The molecule has 9 nitrogen and oxygen atoms in total. The lowest BCUT2D eigenvalue weighted by Crippen LogP contribution is -2.19. The van der Waals surface area contributed by atoms with E-state index in [4.69, 9.17) is 4.74 Å². The summed E-state index contributed by atoms with van der Waals surface area (Å²) >= 11 is 0. The summed E-state index contributed by atoms with van der Waals surface area (Å²) in [6.07, 6.45) is 1.06. The number of carbonyl (C=O) groups is 1. The van der Waals surface area contributed by atoms with Crippen LogP contribution in [0, 0.1) is 6.92 Å². The number of benzene rings is 1. The summed E-state index contributed by atoms with van der Waals surface area (Å²) in [5, 5.41) is 3.31. The summed E-state index contributed by atoms with van der Waals surface area (Å²) in [4.78, 5) is 35.8. The normalized spacial score (nSPS) is 11.4. The summed E-state index contributed by atoms with van der Waals surface area (Å²) in [6.45, 7) is 2.39. The molecule has 0 saturated carbocycles. The molecule has 1 aromatic carbocycles. The number of rotatable bonds is 7. The van der Waals surface area contributed by atoms with Gasteiger partial charge >= 0.3 is 6.18 Å². The molecule has 4 heterocycles. The van der Waals surface area contributed by atoms with Crippen LogP contribution < -0.4 is 15.0 Å². The molecule has 0 fully saturated rings. The van der Waals surface area contributed by atoms with Crippen molar-refractivity contribution in [2.75, 3.05) is 24.4 Å². The number of aromatic nitrogens is 5. The molecule has 0 atom stereocenters. The molecular weight excluding hydrogens is 535 g/mol. The SMILES string of the molecule is COc1ccc(CN(C)c2ncc3cc(-c4cc(NC(=O)c5ccnc(C(F)(F)F)c5)cnc4C)cnc3n2)cc1. The number of hydrogen-bond acceptors (Lipinski definition) is 8. The Morgan fingerprint density at radius 1 is 0.976 bits per heavy atom. The molecule has 0 saturated heterocycles. The van der Waals surface area contributed by atoms with Crippen LogP contribution in [0.2, 0.25) is 0 Å². The van der Waals surface area contributed by atoms with E-state index >= 15 is 0 Å². The Hall–Kier alpha value is -5.13. The van der Waals surface area contributed by atoms with Gasteiger partial charge in [-0.3, -0.25) is 14.8 Å². The maximum Gasteiger partial charge on any atom is 0.433 e. The average Bonchev–Trinajstić information content (AvgIpc) is 2.97. The zero-order valence-electron chi connectivity index (χ0n) is 22.3. The molecule has 4 aromatic heterocycles. The van der Waals surface area contributed by atoms with Crippen molar-refractivity contribution in [1.82, 2.24) is 24.9 Å². The number of hydrogen-bond donors (Lipinski definition) is 1. The van der Waals surface area contributed by atoms with Crippen LogP contribution in [0.5, 0.6) is 5.75 Å². The van der Waals surface area contributed by atoms with Crippen LogP contribution in [-0.2, 0) is 12.7 Å². The third-order valence-corrected chi connectivity index (χ3v) is 6.31. The first-order valence-corrected chi connectivity index (χ1v) is 12.4. The second kappa shape index (κ2) is 11.2. The zero-order chi connectivity index (χ0) is 29.1. The molecule has 0 aliphatic rings. The Morgan fingerprint density at radius 2 is 1.76 bits per heavy atom. The fraction of sp³-hybridized carbons (Fsp3) is 0.172. The zero-order valence-corrected chi connectivity index (χ0v) is 22.3. The summed E-state index contributed by atoms with van der Waals surface area (Å²) in [5.74, 6) is 0.580. The number of amides is 1. The van der Waals surface area contributed by atoms with E-state index in [1.54, 1.807) is 32.5 Å². The van der Waals surface area contributed by atoms with Crippen LogP contribution in [0.3, 0.4) is 0 Å². The van der Waals surface area contributed by atoms with Crippen LogP contribution in [0.25, 0.3) is 22.2 Å². The van der Waals surface area contributed by atoms with Crippen molar-refractivity contribution in [1.29, 1.82) is 0 Å². The van der Waals surface area contributed by atoms with E-state index in [-0.39, 0.29) is 5.56 Å². The van der Waals surface area contributed by atoms with Crippen molar-refractivity contribution in [3.8, 4) is 16.9 Å². The predicted octanol–water partition coefficient (Wildman–Crippen LogP) is 5.71. The van der Waals surface area contributed by atoms with Crippen LogP contribution in [0.4, 0.5) is 24.8 Å². The maximum atomic E-state index is 13.0. The highest BCUT2D eigenvalue weighted by Crippen LogP contribution is 2.29. The Labute approximate surface area is 233 Å². The third kappa shape index (κ3) is 6.21. The van der Waals surface area contributed by atoms with Gasteiger partial charge in [0.15, 0.2) is 5.65 Å². The van der Waals surface area contributed by atoms with E-state index in [1.165, 1.54) is 12.3 Å². The van der Waals surface area contributed by atoms with Gasteiger partial charge in [0, 0.05) is 60.0 Å². The molecule has 0 bridgehead atoms. The van der Waals surface area contributed by atoms with Crippen molar-refractivity contribution < 1.29 is 22.7 Å². The van der Waals surface area contributed by atoms with Crippen LogP contribution in [0.1, 0.15) is 27.3 Å². The first-order chi connectivity index (χ1) is 19.6. The van der Waals surface area contributed by atoms with Gasteiger partial charge in [0.2, 0.25) is 5.95 Å². The quantitative estimate of drug-likeness (QED) is 0.271. The Kier molecular flexibility index (Phi) is 7.47. The van der Waals surface area contributed by atoms with Gasteiger partial charge in [-0.05, 0) is 48.9 Å². The second-order valence-corrected chi connectivity index (χ2v) is 9.25. The van der Waals surface area contributed by atoms with Gasteiger partial charge in [-0.1, -0.05) is 12.1 Å². The fourth-order valence-corrected chi connectivity index (χ4v) is 4.14. The van der Waals surface area contributed by atoms with E-state index in [2.05, 4.69) is 30.2 Å². The highest BCUT2D eigenvalue weighted by molar-refractivity contribution is 6.04. The van der Waals surface area contributed by atoms with E-state index in [1.807, 2.05) is 42.3 Å². The van der Waals surface area contributed by atoms with Crippen molar-refractivity contribution in [3.05, 3.63) is 95.8 Å². The van der Waals surface area contributed by atoms with Gasteiger partial charge in [-0.2, -0.15) is 18.2 Å². The molecule has 1 N–H and O–H groups in total. The van der Waals surface area contributed by atoms with Gasteiger partial charge < -0.3 is 15.0 Å². The summed E-state index contributed by atoms with van der Waals surface area (Å²) in [7, 11) is 3.52. The monoisotopic (exact) mass is 559 g/mol. The van der Waals surface area contributed by atoms with E-state index in [0.29, 0.717) is 52.1 Å². The summed E-state index contributed by atoms with van der Waals surface area (Å²) in [6, 6.07) is 13.2. The number of methoxy groups -OCH3 is 1. The number of nitrogens with one attached hydrogen (secondary N) is 1. The van der Waals surface area contributed by atoms with Gasteiger partial charge in [0.1, 0.15) is 11.4 Å². The third-order valence-electron chi connectivity index (χ3n) is 6.31. The van der Waals surface area contributed by atoms with Crippen molar-refractivity contribution in [3.63, 3.8) is 0 Å². The van der Waals surface area contributed by atoms with Gasteiger partial charge in [0.05, 0.1) is 19.0 Å². The molecular formula is C29H24F3N7O2. The molecule has 5 aromatic rings. The Bertz CT molecular complexity index is 1730. The minimum absolute atomic E-state index is 0.174. The number of alkyl halides is 3. The molecule has 12 heteroatoms. The molecule has 208 valence electrons. The molecule has 5 rings (SSSR count). The van der Waals surface area contributed by atoms with E-state index in [9.17, 15) is 18.0 Å². The predicted molar refractivity (Wildman–Crippen MR) is 148 cm³/mol. The van der Waals surface area contributed by atoms with Crippen LogP contribution >= 0.6 is 0 Å². The molecule has 0 aliphatic heterocycles.